The number of aromatic amines is 1. The number of aromatic nitrogens is 2. The lowest BCUT2D eigenvalue weighted by molar-refractivity contribution is -0.115. The number of carbonyl (C=O) groups excluding carboxylic acids is 1. The van der Waals surface area contributed by atoms with Crippen LogP contribution in [-0.2, 0) is 11.2 Å². The molecule has 0 spiro atoms. The lowest BCUT2D eigenvalue weighted by atomic mass is 10.1. The maximum atomic E-state index is 12.4. The molecule has 0 radical (unpaired) electrons. The molecular weight excluding hydrogens is 366 g/mol. The topological polar surface area (TPSA) is 57.8 Å². The number of nitrogens with zero attached hydrogens (tertiary/aromatic N) is 1. The Morgan fingerprint density at radius 3 is 2.73 bits per heavy atom. The molecule has 0 unspecified atom stereocenters. The first-order chi connectivity index (χ1) is 12.5. The Balaban J connectivity index is 1.63. The molecule has 1 atom stereocenters. The Labute approximate surface area is 162 Å². The summed E-state index contributed by atoms with van der Waals surface area (Å²) in [6, 6.07) is 17.3. The molecule has 6 heteroatoms. The average molecular weight is 386 g/mol. The summed E-state index contributed by atoms with van der Waals surface area (Å²) in [6.45, 7) is 3.87. The molecule has 0 aliphatic rings. The number of hydrogen-bond donors (Lipinski definition) is 2. The van der Waals surface area contributed by atoms with Crippen LogP contribution in [0.15, 0.2) is 59.8 Å². The van der Waals surface area contributed by atoms with E-state index in [2.05, 4.69) is 27.4 Å². The van der Waals surface area contributed by atoms with Crippen molar-refractivity contribution >= 4 is 35.0 Å². The van der Waals surface area contributed by atoms with Gasteiger partial charge in [0.2, 0.25) is 5.91 Å². The van der Waals surface area contributed by atoms with E-state index in [1.807, 2.05) is 44.2 Å². The number of imidazole rings is 1. The Kier molecular flexibility index (Phi) is 6.01. The SMILES string of the molecule is Cc1[nH]c(S[C@@H](C)C(=O)Nc2cccc(Cl)c2)nc1Cc1ccccc1. The van der Waals surface area contributed by atoms with Gasteiger partial charge in [-0.1, -0.05) is 59.8 Å². The first-order valence-electron chi connectivity index (χ1n) is 8.34. The number of halogens is 1. The van der Waals surface area contributed by atoms with Crippen LogP contribution in [-0.4, -0.2) is 21.1 Å². The van der Waals surface area contributed by atoms with Gasteiger partial charge in [-0.25, -0.2) is 4.98 Å². The van der Waals surface area contributed by atoms with Gasteiger partial charge in [-0.3, -0.25) is 4.79 Å². The molecule has 2 aromatic carbocycles. The molecule has 1 aromatic heterocycles. The largest absolute Gasteiger partial charge is 0.337 e. The number of aryl methyl sites for hydroxylation is 1. The molecule has 1 heterocycles. The summed E-state index contributed by atoms with van der Waals surface area (Å²) in [4.78, 5) is 20.3. The van der Waals surface area contributed by atoms with Crippen LogP contribution in [0.1, 0.15) is 23.9 Å². The average Bonchev–Trinajstić information content (AvgIpc) is 2.95. The lowest BCUT2D eigenvalue weighted by Crippen LogP contribution is -2.22. The fourth-order valence-corrected chi connectivity index (χ4v) is 3.58. The smallest absolute Gasteiger partial charge is 0.237 e. The molecule has 0 saturated carbocycles. The van der Waals surface area contributed by atoms with Crippen molar-refractivity contribution in [1.29, 1.82) is 0 Å². The van der Waals surface area contributed by atoms with Gasteiger partial charge >= 0.3 is 0 Å². The Morgan fingerprint density at radius 1 is 1.23 bits per heavy atom. The van der Waals surface area contributed by atoms with Gasteiger partial charge in [-0.15, -0.1) is 0 Å². The first kappa shape index (κ1) is 18.5. The van der Waals surface area contributed by atoms with Crippen LogP contribution in [0.2, 0.25) is 5.02 Å². The summed E-state index contributed by atoms with van der Waals surface area (Å²) >= 11 is 7.36. The molecule has 0 aliphatic heterocycles. The molecule has 4 nitrogen and oxygen atoms in total. The zero-order valence-electron chi connectivity index (χ0n) is 14.6. The molecule has 0 bridgehead atoms. The van der Waals surface area contributed by atoms with Crippen molar-refractivity contribution in [3.63, 3.8) is 0 Å². The highest BCUT2D eigenvalue weighted by Crippen LogP contribution is 2.24. The molecule has 0 saturated heterocycles. The monoisotopic (exact) mass is 385 g/mol. The highest BCUT2D eigenvalue weighted by molar-refractivity contribution is 8.00. The third-order valence-electron chi connectivity index (χ3n) is 3.93. The van der Waals surface area contributed by atoms with Crippen molar-refractivity contribution in [3.8, 4) is 0 Å². The highest BCUT2D eigenvalue weighted by atomic mass is 35.5. The molecule has 2 N–H and O–H groups in total. The molecule has 0 aliphatic carbocycles. The third-order valence-corrected chi connectivity index (χ3v) is 5.15. The number of amides is 1. The standard InChI is InChI=1S/C20H20ClN3OS/c1-13-18(11-15-7-4-3-5-8-15)24-20(22-13)26-14(2)19(25)23-17-10-6-9-16(21)12-17/h3-10,12,14H,11H2,1-2H3,(H,22,24)(H,23,25)/t14-/m0/s1. The van der Waals surface area contributed by atoms with Crippen LogP contribution < -0.4 is 5.32 Å². The Hall–Kier alpha value is -2.24. The van der Waals surface area contributed by atoms with Crippen molar-refractivity contribution in [3.05, 3.63) is 76.6 Å². The number of nitrogens with one attached hydrogen (secondary N) is 2. The van der Waals surface area contributed by atoms with Gasteiger partial charge in [0.25, 0.3) is 0 Å². The molecule has 3 aromatic rings. The van der Waals surface area contributed by atoms with Crippen LogP contribution in [0, 0.1) is 6.92 Å². The van der Waals surface area contributed by atoms with E-state index < -0.39 is 0 Å². The number of carbonyl (C=O) groups is 1. The predicted octanol–water partition coefficient (Wildman–Crippen LogP) is 5.08. The van der Waals surface area contributed by atoms with E-state index in [1.54, 1.807) is 12.1 Å². The van der Waals surface area contributed by atoms with Gasteiger partial charge < -0.3 is 10.3 Å². The van der Waals surface area contributed by atoms with Gasteiger partial charge in [-0.2, -0.15) is 0 Å². The van der Waals surface area contributed by atoms with Crippen molar-refractivity contribution in [2.75, 3.05) is 5.32 Å². The minimum Gasteiger partial charge on any atom is -0.337 e. The lowest BCUT2D eigenvalue weighted by Gasteiger charge is -2.10. The number of rotatable bonds is 6. The van der Waals surface area contributed by atoms with Crippen LogP contribution in [0.3, 0.4) is 0 Å². The second-order valence-corrected chi connectivity index (χ2v) is 7.80. The summed E-state index contributed by atoms with van der Waals surface area (Å²) in [5.74, 6) is -0.0871. The number of thioether (sulfide) groups is 1. The first-order valence-corrected chi connectivity index (χ1v) is 9.59. The number of anilines is 1. The number of H-pyrrole nitrogens is 1. The van der Waals surface area contributed by atoms with Crippen LogP contribution in [0.25, 0.3) is 0 Å². The number of benzene rings is 2. The van der Waals surface area contributed by atoms with Gasteiger partial charge in [0.05, 0.1) is 10.9 Å². The molecule has 134 valence electrons. The molecular formula is C20H20ClN3OS. The molecule has 3 rings (SSSR count). The maximum Gasteiger partial charge on any atom is 0.237 e. The van der Waals surface area contributed by atoms with Crippen molar-refractivity contribution in [2.45, 2.75) is 30.7 Å². The summed E-state index contributed by atoms with van der Waals surface area (Å²) in [6.07, 6.45) is 0.771. The zero-order chi connectivity index (χ0) is 18.5. The zero-order valence-corrected chi connectivity index (χ0v) is 16.2. The molecule has 26 heavy (non-hydrogen) atoms. The van der Waals surface area contributed by atoms with E-state index >= 15 is 0 Å². The Bertz CT molecular complexity index is 895. The van der Waals surface area contributed by atoms with Gasteiger partial charge in [0.1, 0.15) is 0 Å². The van der Waals surface area contributed by atoms with Crippen LogP contribution in [0.4, 0.5) is 5.69 Å². The minimum atomic E-state index is -0.288. The summed E-state index contributed by atoms with van der Waals surface area (Å²) in [5.41, 5.74) is 3.93. The predicted molar refractivity (Wildman–Crippen MR) is 108 cm³/mol. The molecule has 0 fully saturated rings. The van der Waals surface area contributed by atoms with E-state index in [1.165, 1.54) is 17.3 Å². The fourth-order valence-electron chi connectivity index (χ4n) is 2.52. The van der Waals surface area contributed by atoms with Gasteiger partial charge in [-0.05, 0) is 37.6 Å². The summed E-state index contributed by atoms with van der Waals surface area (Å²) in [7, 11) is 0. The van der Waals surface area contributed by atoms with Crippen LogP contribution in [0.5, 0.6) is 0 Å². The molecule has 1 amide bonds. The van der Waals surface area contributed by atoms with E-state index in [4.69, 9.17) is 11.6 Å². The van der Waals surface area contributed by atoms with E-state index in [0.29, 0.717) is 10.7 Å². The van der Waals surface area contributed by atoms with Crippen molar-refractivity contribution in [1.82, 2.24) is 9.97 Å². The second-order valence-electron chi connectivity index (χ2n) is 6.04. The second kappa shape index (κ2) is 8.43. The highest BCUT2D eigenvalue weighted by Gasteiger charge is 2.18. The van der Waals surface area contributed by atoms with E-state index in [0.717, 1.165) is 23.0 Å². The normalized spacial score (nSPS) is 12.0. The summed E-state index contributed by atoms with van der Waals surface area (Å²) in [5, 5.41) is 3.94. The summed E-state index contributed by atoms with van der Waals surface area (Å²) < 4.78 is 0. The number of hydrogen-bond acceptors (Lipinski definition) is 3. The van der Waals surface area contributed by atoms with Gasteiger partial charge in [0, 0.05) is 22.8 Å². The van der Waals surface area contributed by atoms with E-state index in [9.17, 15) is 4.79 Å². The van der Waals surface area contributed by atoms with Crippen LogP contribution >= 0.6 is 23.4 Å². The van der Waals surface area contributed by atoms with Crippen molar-refractivity contribution < 1.29 is 4.79 Å². The third kappa shape index (κ3) is 4.90. The van der Waals surface area contributed by atoms with Gasteiger partial charge in [0.15, 0.2) is 5.16 Å². The Morgan fingerprint density at radius 2 is 2.00 bits per heavy atom. The minimum absolute atomic E-state index is 0.0871. The van der Waals surface area contributed by atoms with Crippen molar-refractivity contribution in [2.24, 2.45) is 0 Å². The van der Waals surface area contributed by atoms with E-state index in [-0.39, 0.29) is 11.2 Å². The maximum absolute atomic E-state index is 12.4. The fraction of sp³-hybridized carbons (Fsp3) is 0.200. The quantitative estimate of drug-likeness (QED) is 0.581.